The molecule has 1 saturated heterocycles. The second-order valence-corrected chi connectivity index (χ2v) is 5.01. The summed E-state index contributed by atoms with van der Waals surface area (Å²) in [4.78, 5) is 2.21. The molecule has 0 saturated carbocycles. The number of hydrogen-bond donors (Lipinski definition) is 0. The molecule has 0 aromatic heterocycles. The molecule has 1 fully saturated rings. The number of nitrogens with zero attached hydrogens (tertiary/aromatic N) is 2. The molecule has 108 valence electrons. The van der Waals surface area contributed by atoms with E-state index in [9.17, 15) is 5.26 Å². The molecular weight excluding hydrogens is 252 g/mol. The molecule has 2 atom stereocenters. The van der Waals surface area contributed by atoms with E-state index in [1.54, 1.807) is 0 Å². The number of rotatable bonds is 5. The molecule has 0 bridgehead atoms. The van der Waals surface area contributed by atoms with Gasteiger partial charge in [-0.05, 0) is 24.6 Å². The summed E-state index contributed by atoms with van der Waals surface area (Å²) in [5.41, 5.74) is 1.17. The molecule has 1 aromatic rings. The zero-order valence-electron chi connectivity index (χ0n) is 12.2. The minimum absolute atomic E-state index is 0.100. The predicted octanol–water partition coefficient (Wildman–Crippen LogP) is 2.41. The molecule has 1 aliphatic heterocycles. The van der Waals surface area contributed by atoms with Gasteiger partial charge in [0, 0.05) is 19.0 Å². The van der Waals surface area contributed by atoms with Crippen LogP contribution in [-0.2, 0) is 4.74 Å². The van der Waals surface area contributed by atoms with E-state index in [-0.39, 0.29) is 12.0 Å². The minimum atomic E-state index is -0.100. The van der Waals surface area contributed by atoms with E-state index >= 15 is 0 Å². The van der Waals surface area contributed by atoms with Gasteiger partial charge in [0.2, 0.25) is 0 Å². The first kappa shape index (κ1) is 14.8. The van der Waals surface area contributed by atoms with Gasteiger partial charge in [-0.3, -0.25) is 4.90 Å². The molecule has 0 spiro atoms. The van der Waals surface area contributed by atoms with Crippen molar-refractivity contribution >= 4 is 0 Å². The van der Waals surface area contributed by atoms with Crippen molar-refractivity contribution < 1.29 is 9.47 Å². The summed E-state index contributed by atoms with van der Waals surface area (Å²) in [6, 6.07) is 10.4. The van der Waals surface area contributed by atoms with Crippen LogP contribution in [0.4, 0.5) is 0 Å². The zero-order chi connectivity index (χ0) is 14.4. The van der Waals surface area contributed by atoms with Crippen LogP contribution in [0.1, 0.15) is 25.3 Å². The van der Waals surface area contributed by atoms with Crippen LogP contribution in [0.2, 0.25) is 0 Å². The van der Waals surface area contributed by atoms with Crippen LogP contribution in [-0.4, -0.2) is 43.9 Å². The number of morpholine rings is 1. The fourth-order valence-corrected chi connectivity index (χ4v) is 2.58. The summed E-state index contributed by atoms with van der Waals surface area (Å²) in [6.45, 7) is 7.85. The van der Waals surface area contributed by atoms with E-state index in [0.717, 1.165) is 18.8 Å². The first-order chi connectivity index (χ1) is 9.76. The quantitative estimate of drug-likeness (QED) is 0.827. The number of benzene rings is 1. The van der Waals surface area contributed by atoms with Gasteiger partial charge < -0.3 is 9.47 Å². The summed E-state index contributed by atoms with van der Waals surface area (Å²) < 4.78 is 10.8. The van der Waals surface area contributed by atoms with Crippen LogP contribution in [0.25, 0.3) is 0 Å². The van der Waals surface area contributed by atoms with E-state index in [1.165, 1.54) is 5.56 Å². The normalized spacial score (nSPS) is 19.1. The lowest BCUT2D eigenvalue weighted by atomic mass is 9.92. The van der Waals surface area contributed by atoms with Gasteiger partial charge in [0.1, 0.15) is 11.8 Å². The topological polar surface area (TPSA) is 45.5 Å². The Morgan fingerprint density at radius 3 is 2.50 bits per heavy atom. The highest BCUT2D eigenvalue weighted by atomic mass is 16.5. The molecule has 1 aromatic carbocycles. The van der Waals surface area contributed by atoms with E-state index in [4.69, 9.17) is 9.47 Å². The van der Waals surface area contributed by atoms with Crippen LogP contribution in [0.3, 0.4) is 0 Å². The van der Waals surface area contributed by atoms with Crippen molar-refractivity contribution in [1.29, 1.82) is 5.26 Å². The molecule has 0 radical (unpaired) electrons. The molecule has 2 rings (SSSR count). The molecule has 1 aliphatic rings. The molecule has 4 heteroatoms. The van der Waals surface area contributed by atoms with Crippen LogP contribution < -0.4 is 4.74 Å². The highest BCUT2D eigenvalue weighted by molar-refractivity contribution is 5.31. The Hall–Kier alpha value is -1.57. The van der Waals surface area contributed by atoms with Gasteiger partial charge in [0.15, 0.2) is 0 Å². The SMILES string of the molecule is CCOc1ccc(C(C)C(C#N)N2CCOCC2)cc1. The van der Waals surface area contributed by atoms with E-state index < -0.39 is 0 Å². The van der Waals surface area contributed by atoms with Crippen molar-refractivity contribution in [2.24, 2.45) is 0 Å². The average Bonchev–Trinajstić information content (AvgIpc) is 2.50. The highest BCUT2D eigenvalue weighted by Crippen LogP contribution is 2.25. The average molecular weight is 274 g/mol. The maximum atomic E-state index is 9.49. The van der Waals surface area contributed by atoms with Crippen molar-refractivity contribution in [2.45, 2.75) is 25.8 Å². The largest absolute Gasteiger partial charge is 0.494 e. The summed E-state index contributed by atoms with van der Waals surface area (Å²) in [5.74, 6) is 1.05. The van der Waals surface area contributed by atoms with Crippen molar-refractivity contribution in [3.8, 4) is 11.8 Å². The Labute approximate surface area is 120 Å². The molecule has 4 nitrogen and oxygen atoms in total. The number of ether oxygens (including phenoxy) is 2. The molecule has 2 unspecified atom stereocenters. The molecular formula is C16H22N2O2. The predicted molar refractivity (Wildman–Crippen MR) is 77.8 cm³/mol. The third-order valence-corrected chi connectivity index (χ3v) is 3.76. The number of hydrogen-bond acceptors (Lipinski definition) is 4. The maximum absolute atomic E-state index is 9.49. The van der Waals surface area contributed by atoms with E-state index in [0.29, 0.717) is 19.8 Å². The maximum Gasteiger partial charge on any atom is 0.119 e. The smallest absolute Gasteiger partial charge is 0.119 e. The molecule has 0 amide bonds. The molecule has 0 aliphatic carbocycles. The first-order valence-electron chi connectivity index (χ1n) is 7.20. The lowest BCUT2D eigenvalue weighted by Gasteiger charge is -2.33. The van der Waals surface area contributed by atoms with Gasteiger partial charge in [0.25, 0.3) is 0 Å². The fraction of sp³-hybridized carbons (Fsp3) is 0.562. The fourth-order valence-electron chi connectivity index (χ4n) is 2.58. The van der Waals surface area contributed by atoms with E-state index in [1.807, 2.05) is 19.1 Å². The summed E-state index contributed by atoms with van der Waals surface area (Å²) in [7, 11) is 0. The van der Waals surface area contributed by atoms with Crippen molar-refractivity contribution in [3.05, 3.63) is 29.8 Å². The van der Waals surface area contributed by atoms with Gasteiger partial charge in [-0.15, -0.1) is 0 Å². The standard InChI is InChI=1S/C16H22N2O2/c1-3-20-15-6-4-14(5-7-15)13(2)16(12-17)18-8-10-19-11-9-18/h4-7,13,16H,3,8-11H2,1-2H3. The zero-order valence-corrected chi connectivity index (χ0v) is 12.2. The molecule has 20 heavy (non-hydrogen) atoms. The molecule has 1 heterocycles. The summed E-state index contributed by atoms with van der Waals surface area (Å²) >= 11 is 0. The Balaban J connectivity index is 2.07. The van der Waals surface area contributed by atoms with Crippen LogP contribution >= 0.6 is 0 Å². The van der Waals surface area contributed by atoms with Crippen molar-refractivity contribution in [3.63, 3.8) is 0 Å². The van der Waals surface area contributed by atoms with Crippen LogP contribution in [0.5, 0.6) is 5.75 Å². The minimum Gasteiger partial charge on any atom is -0.494 e. The lowest BCUT2D eigenvalue weighted by molar-refractivity contribution is 0.0231. The van der Waals surface area contributed by atoms with Crippen LogP contribution in [0.15, 0.2) is 24.3 Å². The second-order valence-electron chi connectivity index (χ2n) is 5.01. The lowest BCUT2D eigenvalue weighted by Crippen LogP contribution is -2.45. The third-order valence-electron chi connectivity index (χ3n) is 3.76. The second kappa shape index (κ2) is 7.28. The first-order valence-corrected chi connectivity index (χ1v) is 7.20. The van der Waals surface area contributed by atoms with Gasteiger partial charge in [-0.1, -0.05) is 19.1 Å². The highest BCUT2D eigenvalue weighted by Gasteiger charge is 2.26. The van der Waals surface area contributed by atoms with Crippen molar-refractivity contribution in [1.82, 2.24) is 4.90 Å². The Morgan fingerprint density at radius 2 is 1.95 bits per heavy atom. The summed E-state index contributed by atoms with van der Waals surface area (Å²) in [6.07, 6.45) is 0. The van der Waals surface area contributed by atoms with Gasteiger partial charge in [-0.25, -0.2) is 0 Å². The Kier molecular flexibility index (Phi) is 5.40. The van der Waals surface area contributed by atoms with Crippen molar-refractivity contribution in [2.75, 3.05) is 32.9 Å². The summed E-state index contributed by atoms with van der Waals surface area (Å²) in [5, 5.41) is 9.49. The Bertz CT molecular complexity index is 447. The van der Waals surface area contributed by atoms with E-state index in [2.05, 4.69) is 30.0 Å². The van der Waals surface area contributed by atoms with Gasteiger partial charge in [-0.2, -0.15) is 5.26 Å². The Morgan fingerprint density at radius 1 is 1.30 bits per heavy atom. The molecule has 0 N–H and O–H groups in total. The third kappa shape index (κ3) is 3.50. The van der Waals surface area contributed by atoms with Gasteiger partial charge in [0.05, 0.1) is 25.9 Å². The monoisotopic (exact) mass is 274 g/mol. The number of nitriles is 1. The van der Waals surface area contributed by atoms with Gasteiger partial charge >= 0.3 is 0 Å². The van der Waals surface area contributed by atoms with Crippen LogP contribution in [0, 0.1) is 11.3 Å².